The molecule has 172 valence electrons. The van der Waals surface area contributed by atoms with Crippen LogP contribution in [0.1, 0.15) is 19.3 Å². The van der Waals surface area contributed by atoms with Crippen LogP contribution in [0.15, 0.2) is 29.1 Å². The smallest absolute Gasteiger partial charge is 0.264 e. The average molecular weight is 480 g/mol. The van der Waals surface area contributed by atoms with Crippen molar-refractivity contribution < 1.29 is 15.3 Å². The summed E-state index contributed by atoms with van der Waals surface area (Å²) in [5.41, 5.74) is 0.816. The van der Waals surface area contributed by atoms with Crippen molar-refractivity contribution in [3.05, 3.63) is 34.6 Å². The molecule has 2 aromatic heterocycles. The van der Waals surface area contributed by atoms with Gasteiger partial charge in [-0.15, -0.1) is 23.7 Å². The van der Waals surface area contributed by atoms with E-state index >= 15 is 0 Å². The van der Waals surface area contributed by atoms with Gasteiger partial charge in [-0.1, -0.05) is 12.1 Å². The summed E-state index contributed by atoms with van der Waals surface area (Å²) in [5.74, 6) is 0.389. The predicted octanol–water partition coefficient (Wildman–Crippen LogP) is 1.58. The van der Waals surface area contributed by atoms with Crippen molar-refractivity contribution in [2.75, 3.05) is 29.9 Å². The highest BCUT2D eigenvalue weighted by Crippen LogP contribution is 2.35. The molecule has 5 rings (SSSR count). The van der Waals surface area contributed by atoms with Gasteiger partial charge in [0.2, 0.25) is 5.95 Å². The standard InChI is InChI=1S/C21H25N5O4S.ClH/c27-10-11-9-13(17(29)16(11)28)22-18-15(20-23-12-5-1-2-6-14(12)31-20)19(30)25-21(24-18)26-7-3-4-8-26;/h1-2,5-6,11,13,16-17,27-29H,3-4,7-10H2,(H2,22,24,25,30);1H/t11-,13-,16-,17+;/m1./s1. The second-order valence-electron chi connectivity index (χ2n) is 8.20. The summed E-state index contributed by atoms with van der Waals surface area (Å²) in [6.07, 6.45) is 0.339. The average Bonchev–Trinajstić information content (AvgIpc) is 3.49. The van der Waals surface area contributed by atoms with E-state index in [0.717, 1.165) is 36.1 Å². The molecule has 4 atom stereocenters. The third-order valence-electron chi connectivity index (χ3n) is 6.18. The number of H-pyrrole nitrogens is 1. The minimum atomic E-state index is -1.07. The van der Waals surface area contributed by atoms with Crippen LogP contribution in [0.2, 0.25) is 0 Å². The van der Waals surface area contributed by atoms with E-state index < -0.39 is 24.2 Å². The largest absolute Gasteiger partial charge is 0.396 e. The predicted molar refractivity (Wildman–Crippen MR) is 127 cm³/mol. The summed E-state index contributed by atoms with van der Waals surface area (Å²) in [6, 6.07) is 7.13. The van der Waals surface area contributed by atoms with Gasteiger partial charge in [-0.3, -0.25) is 9.78 Å². The van der Waals surface area contributed by atoms with Crippen LogP contribution in [0.5, 0.6) is 0 Å². The first-order valence-electron chi connectivity index (χ1n) is 10.5. The molecule has 0 radical (unpaired) electrons. The van der Waals surface area contributed by atoms with E-state index in [9.17, 15) is 20.1 Å². The molecule has 1 aliphatic heterocycles. The van der Waals surface area contributed by atoms with E-state index in [-0.39, 0.29) is 24.6 Å². The number of benzene rings is 1. The lowest BCUT2D eigenvalue weighted by Gasteiger charge is -2.22. The number of hydrogen-bond acceptors (Lipinski definition) is 9. The van der Waals surface area contributed by atoms with E-state index in [1.165, 1.54) is 11.3 Å². The Morgan fingerprint density at radius 3 is 2.59 bits per heavy atom. The maximum absolute atomic E-state index is 13.2. The molecular formula is C21H26ClN5O4S. The summed E-state index contributed by atoms with van der Waals surface area (Å²) in [4.78, 5) is 27.5. The van der Waals surface area contributed by atoms with Crippen molar-refractivity contribution in [2.45, 2.75) is 37.5 Å². The van der Waals surface area contributed by atoms with Gasteiger partial charge in [-0.2, -0.15) is 4.98 Å². The van der Waals surface area contributed by atoms with Crippen LogP contribution < -0.4 is 15.8 Å². The summed E-state index contributed by atoms with van der Waals surface area (Å²) >= 11 is 1.40. The number of hydrogen-bond donors (Lipinski definition) is 5. The molecule has 0 unspecified atom stereocenters. The molecule has 3 aromatic rings. The van der Waals surface area contributed by atoms with Gasteiger partial charge in [0, 0.05) is 25.6 Å². The number of nitrogens with zero attached hydrogens (tertiary/aromatic N) is 3. The summed E-state index contributed by atoms with van der Waals surface area (Å²) in [5, 5.41) is 33.9. The molecule has 32 heavy (non-hydrogen) atoms. The Bertz CT molecular complexity index is 1120. The van der Waals surface area contributed by atoms with Crippen LogP contribution in [0, 0.1) is 5.92 Å². The Hall–Kier alpha value is -2.24. The first-order chi connectivity index (χ1) is 15.0. The molecule has 1 aromatic carbocycles. The molecule has 1 saturated heterocycles. The lowest BCUT2D eigenvalue weighted by atomic mass is 10.1. The maximum atomic E-state index is 13.2. The minimum absolute atomic E-state index is 0. The van der Waals surface area contributed by atoms with Crippen LogP contribution >= 0.6 is 23.7 Å². The summed E-state index contributed by atoms with van der Waals surface area (Å²) in [7, 11) is 0. The molecule has 3 heterocycles. The normalized spacial score (nSPS) is 25.3. The summed E-state index contributed by atoms with van der Waals surface area (Å²) in [6.45, 7) is 1.42. The highest BCUT2D eigenvalue weighted by atomic mass is 35.5. The first kappa shape index (κ1) is 22.9. The van der Waals surface area contributed by atoms with E-state index in [1.54, 1.807) is 0 Å². The quantitative estimate of drug-likeness (QED) is 0.372. The van der Waals surface area contributed by atoms with Crippen LogP contribution in [-0.4, -0.2) is 68.2 Å². The van der Waals surface area contributed by atoms with Gasteiger partial charge in [-0.25, -0.2) is 4.98 Å². The molecule has 9 nitrogen and oxygen atoms in total. The van der Waals surface area contributed by atoms with Crippen LogP contribution in [0.3, 0.4) is 0 Å². The number of aliphatic hydroxyl groups excluding tert-OH is 3. The van der Waals surface area contributed by atoms with Gasteiger partial charge < -0.3 is 25.5 Å². The molecule has 5 N–H and O–H groups in total. The second-order valence-corrected chi connectivity index (χ2v) is 9.24. The zero-order valence-corrected chi connectivity index (χ0v) is 18.9. The van der Waals surface area contributed by atoms with Gasteiger partial charge >= 0.3 is 0 Å². The van der Waals surface area contributed by atoms with Crippen molar-refractivity contribution in [1.29, 1.82) is 0 Å². The number of fused-ring (bicyclic) bond motifs is 1. The number of aromatic nitrogens is 3. The zero-order valence-electron chi connectivity index (χ0n) is 17.3. The lowest BCUT2D eigenvalue weighted by molar-refractivity contribution is 0.00446. The van der Waals surface area contributed by atoms with Crippen LogP contribution in [0.4, 0.5) is 11.8 Å². The van der Waals surface area contributed by atoms with Gasteiger partial charge in [0.25, 0.3) is 5.56 Å². The number of para-hydroxylation sites is 1. The van der Waals surface area contributed by atoms with Crippen molar-refractivity contribution in [3.63, 3.8) is 0 Å². The fraction of sp³-hybridized carbons (Fsp3) is 0.476. The van der Waals surface area contributed by atoms with Gasteiger partial charge in [-0.05, 0) is 31.4 Å². The number of thiazole rings is 1. The lowest BCUT2D eigenvalue weighted by Crippen LogP contribution is -2.36. The number of rotatable bonds is 5. The van der Waals surface area contributed by atoms with Crippen molar-refractivity contribution in [3.8, 4) is 10.6 Å². The van der Waals surface area contributed by atoms with Crippen LogP contribution in [-0.2, 0) is 0 Å². The van der Waals surface area contributed by atoms with Gasteiger partial charge in [0.1, 0.15) is 22.5 Å². The SMILES string of the molecule is Cl.O=c1[nH]c(N2CCCC2)nc(N[C@@H]2C[C@H](CO)[C@@H](O)[C@H]2O)c1-c1nc2ccccc2s1. The molecule has 2 aliphatic rings. The third kappa shape index (κ3) is 4.08. The number of nitrogens with one attached hydrogen (secondary N) is 2. The number of anilines is 2. The highest BCUT2D eigenvalue weighted by molar-refractivity contribution is 7.21. The van der Waals surface area contributed by atoms with Crippen molar-refractivity contribution in [2.24, 2.45) is 5.92 Å². The zero-order chi connectivity index (χ0) is 21.5. The fourth-order valence-corrected chi connectivity index (χ4v) is 5.45. The Balaban J connectivity index is 0.00000245. The second kappa shape index (κ2) is 9.32. The maximum Gasteiger partial charge on any atom is 0.264 e. The number of aromatic amines is 1. The molecule has 0 bridgehead atoms. The van der Waals surface area contributed by atoms with Crippen molar-refractivity contribution >= 4 is 45.7 Å². The van der Waals surface area contributed by atoms with Gasteiger partial charge in [0.05, 0.1) is 22.4 Å². The molecule has 2 fully saturated rings. The minimum Gasteiger partial charge on any atom is -0.396 e. The third-order valence-corrected chi connectivity index (χ3v) is 7.23. The van der Waals surface area contributed by atoms with Gasteiger partial charge in [0.15, 0.2) is 0 Å². The Kier molecular flexibility index (Phi) is 6.68. The van der Waals surface area contributed by atoms with Crippen molar-refractivity contribution in [1.82, 2.24) is 15.0 Å². The first-order valence-corrected chi connectivity index (χ1v) is 11.4. The molecule has 0 spiro atoms. The molecule has 1 aliphatic carbocycles. The van der Waals surface area contributed by atoms with E-state index in [2.05, 4.69) is 15.3 Å². The Morgan fingerprint density at radius 1 is 1.16 bits per heavy atom. The molecular weight excluding hydrogens is 454 g/mol. The van der Waals surface area contributed by atoms with Crippen LogP contribution in [0.25, 0.3) is 20.8 Å². The van der Waals surface area contributed by atoms with E-state index in [0.29, 0.717) is 28.8 Å². The van der Waals surface area contributed by atoms with E-state index in [1.807, 2.05) is 29.2 Å². The van der Waals surface area contributed by atoms with E-state index in [4.69, 9.17) is 4.98 Å². The summed E-state index contributed by atoms with van der Waals surface area (Å²) < 4.78 is 0.961. The monoisotopic (exact) mass is 479 g/mol. The number of halogens is 1. The Morgan fingerprint density at radius 2 is 1.91 bits per heavy atom. The topological polar surface area (TPSA) is 135 Å². The molecule has 1 saturated carbocycles. The number of aliphatic hydroxyl groups is 3. The molecule has 11 heteroatoms. The Labute approximate surface area is 194 Å². The highest BCUT2D eigenvalue weighted by Gasteiger charge is 2.41. The fourth-order valence-electron chi connectivity index (χ4n) is 4.45. The molecule has 0 amide bonds.